The number of aryl methyl sites for hydroxylation is 1. The van der Waals surface area contributed by atoms with Crippen LogP contribution in [0.1, 0.15) is 12.0 Å². The molecule has 1 aliphatic rings. The summed E-state index contributed by atoms with van der Waals surface area (Å²) in [4.78, 5) is 40.1. The van der Waals surface area contributed by atoms with Crippen LogP contribution >= 0.6 is 31.1 Å². The first-order chi connectivity index (χ1) is 10.1. The highest BCUT2D eigenvalue weighted by Gasteiger charge is 2.46. The Morgan fingerprint density at radius 3 is 2.59 bits per heavy atom. The molecule has 2 rings (SSSR count). The van der Waals surface area contributed by atoms with Crippen molar-refractivity contribution in [2.75, 3.05) is 6.61 Å². The van der Waals surface area contributed by atoms with Gasteiger partial charge in [0.15, 0.2) is 0 Å². The number of ether oxygens (including phenoxy) is 1. The second-order valence-electron chi connectivity index (χ2n) is 4.56. The number of rotatable bonds is 2. The van der Waals surface area contributed by atoms with E-state index in [0.717, 1.165) is 0 Å². The first-order valence-electron chi connectivity index (χ1n) is 6.02. The van der Waals surface area contributed by atoms with Gasteiger partial charge in [-0.2, -0.15) is 0 Å². The molecular weight excluding hydrogens is 432 g/mol. The predicted octanol–water partition coefficient (Wildman–Crippen LogP) is -1.81. The summed E-state index contributed by atoms with van der Waals surface area (Å²) >= 11 is 1.89. The maximum atomic E-state index is 11.8. The molecule has 0 aliphatic carbocycles. The molecule has 0 radical (unpaired) electrons. The Bertz CT molecular complexity index is 619. The molecule has 22 heavy (non-hydrogen) atoms. The van der Waals surface area contributed by atoms with E-state index in [1.807, 2.05) is 22.6 Å². The number of halogens is 1. The Morgan fingerprint density at radius 1 is 1.59 bits per heavy atom. The fourth-order valence-electron chi connectivity index (χ4n) is 1.88. The van der Waals surface area contributed by atoms with Crippen LogP contribution in [0.4, 0.5) is 0 Å². The third kappa shape index (κ3) is 4.80. The molecule has 1 fully saturated rings. The van der Waals surface area contributed by atoms with Crippen molar-refractivity contribution >= 4 is 31.1 Å². The molecule has 0 aromatic carbocycles. The fourth-order valence-corrected chi connectivity index (χ4v) is 3.01. The minimum Gasteiger partial charge on any atom is -0.394 e. The lowest BCUT2D eigenvalue weighted by Crippen LogP contribution is -2.41. The molecular formula is C10H17IN3O7P. The summed E-state index contributed by atoms with van der Waals surface area (Å²) in [6, 6.07) is 0. The highest BCUT2D eigenvalue weighted by Crippen LogP contribution is 2.39. The maximum Gasteiger partial charge on any atom is 0.331 e. The summed E-state index contributed by atoms with van der Waals surface area (Å²) in [7, 11) is -2.12. The molecule has 0 saturated carbocycles. The van der Waals surface area contributed by atoms with Gasteiger partial charge in [0.2, 0.25) is 12.3 Å². The third-order valence-corrected chi connectivity index (χ3v) is 4.10. The SMILES string of the molecule is Cc1cn([C@@]2(I)C[C@H](O)[C@@H](CO)O2)c(=O)[nH]c1=O.NP(O)O. The van der Waals surface area contributed by atoms with Crippen LogP contribution in [-0.2, 0) is 8.47 Å². The zero-order valence-corrected chi connectivity index (χ0v) is 14.6. The van der Waals surface area contributed by atoms with Crippen molar-refractivity contribution in [1.82, 2.24) is 9.55 Å². The molecule has 126 valence electrons. The average molecular weight is 449 g/mol. The first kappa shape index (κ1) is 19.6. The van der Waals surface area contributed by atoms with Crippen LogP contribution in [-0.4, -0.2) is 48.4 Å². The number of aliphatic hydroxyl groups is 2. The Kier molecular flexibility index (Phi) is 7.08. The number of aromatic amines is 1. The van der Waals surface area contributed by atoms with Crippen LogP contribution in [0, 0.1) is 6.92 Å². The van der Waals surface area contributed by atoms with Gasteiger partial charge in [-0.25, -0.2) is 4.79 Å². The van der Waals surface area contributed by atoms with Crippen molar-refractivity contribution < 1.29 is 24.7 Å². The summed E-state index contributed by atoms with van der Waals surface area (Å²) in [5.41, 5.74) is 3.60. The number of aromatic nitrogens is 2. The predicted molar refractivity (Wildman–Crippen MR) is 86.2 cm³/mol. The first-order valence-corrected chi connectivity index (χ1v) is 8.41. The van der Waals surface area contributed by atoms with Gasteiger partial charge in [-0.1, -0.05) is 0 Å². The molecule has 1 aromatic heterocycles. The summed E-state index contributed by atoms with van der Waals surface area (Å²) < 4.78 is 5.62. The van der Waals surface area contributed by atoms with Gasteiger partial charge in [0.05, 0.1) is 12.7 Å². The lowest BCUT2D eigenvalue weighted by molar-refractivity contribution is -0.0554. The van der Waals surface area contributed by atoms with E-state index in [4.69, 9.17) is 19.6 Å². The van der Waals surface area contributed by atoms with E-state index in [1.165, 1.54) is 10.8 Å². The maximum absolute atomic E-state index is 11.8. The van der Waals surface area contributed by atoms with Crippen LogP contribution in [0.5, 0.6) is 0 Å². The molecule has 2 heterocycles. The molecule has 10 nitrogen and oxygen atoms in total. The highest BCUT2D eigenvalue weighted by molar-refractivity contribution is 14.1. The number of hydrogen-bond acceptors (Lipinski definition) is 8. The topological polar surface area (TPSA) is 171 Å². The zero-order valence-electron chi connectivity index (χ0n) is 11.5. The largest absolute Gasteiger partial charge is 0.394 e. The molecule has 3 atom stereocenters. The number of alkyl halides is 1. The molecule has 1 aromatic rings. The monoisotopic (exact) mass is 449 g/mol. The summed E-state index contributed by atoms with van der Waals surface area (Å²) in [5.74, 6) is 0. The van der Waals surface area contributed by atoms with Crippen LogP contribution < -0.4 is 16.8 Å². The number of nitrogens with two attached hydrogens (primary N) is 1. The van der Waals surface area contributed by atoms with Crippen LogP contribution in [0.2, 0.25) is 0 Å². The molecule has 0 spiro atoms. The van der Waals surface area contributed by atoms with Gasteiger partial charge in [-0.15, -0.1) is 0 Å². The summed E-state index contributed by atoms with van der Waals surface area (Å²) in [6.07, 6.45) is -0.0448. The number of aliphatic hydroxyl groups excluding tert-OH is 2. The Morgan fingerprint density at radius 2 is 2.14 bits per heavy atom. The van der Waals surface area contributed by atoms with Gasteiger partial charge < -0.3 is 24.7 Å². The molecule has 0 unspecified atom stereocenters. The van der Waals surface area contributed by atoms with E-state index >= 15 is 0 Å². The van der Waals surface area contributed by atoms with Gasteiger partial charge in [0.25, 0.3) is 5.56 Å². The van der Waals surface area contributed by atoms with Crippen molar-refractivity contribution in [3.05, 3.63) is 32.6 Å². The molecule has 0 amide bonds. The number of H-pyrrole nitrogens is 1. The van der Waals surface area contributed by atoms with Gasteiger partial charge in [-0.05, 0) is 29.5 Å². The average Bonchev–Trinajstić information content (AvgIpc) is 2.69. The van der Waals surface area contributed by atoms with E-state index in [2.05, 4.69) is 10.5 Å². The van der Waals surface area contributed by atoms with Crippen LogP contribution in [0.25, 0.3) is 0 Å². The number of nitrogens with one attached hydrogen (secondary N) is 1. The van der Waals surface area contributed by atoms with E-state index in [-0.39, 0.29) is 13.0 Å². The third-order valence-electron chi connectivity index (χ3n) is 2.88. The van der Waals surface area contributed by atoms with E-state index in [0.29, 0.717) is 5.56 Å². The Balaban J connectivity index is 0.000000541. The zero-order chi connectivity index (χ0) is 17.1. The van der Waals surface area contributed by atoms with Crippen molar-refractivity contribution in [3.8, 4) is 0 Å². The number of hydrogen-bond donors (Lipinski definition) is 6. The van der Waals surface area contributed by atoms with Crippen molar-refractivity contribution in [1.29, 1.82) is 0 Å². The van der Waals surface area contributed by atoms with Gasteiger partial charge in [0, 0.05) is 18.2 Å². The van der Waals surface area contributed by atoms with Crippen molar-refractivity contribution in [2.45, 2.75) is 29.3 Å². The summed E-state index contributed by atoms with van der Waals surface area (Å²) in [6.45, 7) is 1.24. The molecule has 7 N–H and O–H groups in total. The van der Waals surface area contributed by atoms with Crippen molar-refractivity contribution in [3.63, 3.8) is 0 Å². The standard InChI is InChI=1S/C10H13IN2O5.H4NO2P/c1-5-3-13(9(17)12-8(5)16)10(11)2-6(15)7(4-14)18-10;1-4(2)3/h3,6-7,14-15H,2,4H2,1H3,(H,12,16,17);2-3H,1H2/t6-,7+,10-;/m0./s1. The second-order valence-corrected chi connectivity index (χ2v) is 6.89. The van der Waals surface area contributed by atoms with Gasteiger partial charge in [0.1, 0.15) is 6.10 Å². The minimum absolute atomic E-state index is 0.157. The van der Waals surface area contributed by atoms with Crippen LogP contribution in [0.3, 0.4) is 0 Å². The Labute approximate surface area is 139 Å². The second kappa shape index (κ2) is 7.93. The lowest BCUT2D eigenvalue weighted by Gasteiger charge is -2.24. The Hall–Kier alpha value is -0.400. The molecule has 1 aliphatic heterocycles. The highest BCUT2D eigenvalue weighted by atomic mass is 127. The normalized spacial score (nSPS) is 27.6. The summed E-state index contributed by atoms with van der Waals surface area (Å²) in [5, 5.41) is 18.8. The molecule has 12 heteroatoms. The van der Waals surface area contributed by atoms with E-state index in [9.17, 15) is 14.7 Å². The molecule has 1 saturated heterocycles. The quantitative estimate of drug-likeness (QED) is 0.174. The lowest BCUT2D eigenvalue weighted by atomic mass is 10.2. The minimum atomic E-state index is -2.12. The van der Waals surface area contributed by atoms with E-state index in [1.54, 1.807) is 6.92 Å². The number of nitrogens with zero attached hydrogens (tertiary/aromatic N) is 1. The van der Waals surface area contributed by atoms with Crippen molar-refractivity contribution in [2.24, 2.45) is 5.50 Å². The van der Waals surface area contributed by atoms with E-state index < -0.39 is 35.7 Å². The smallest absolute Gasteiger partial charge is 0.331 e. The van der Waals surface area contributed by atoms with Gasteiger partial charge >= 0.3 is 5.69 Å². The van der Waals surface area contributed by atoms with Crippen LogP contribution in [0.15, 0.2) is 15.8 Å². The van der Waals surface area contributed by atoms with Gasteiger partial charge in [-0.3, -0.25) is 19.8 Å². The fraction of sp³-hybridized carbons (Fsp3) is 0.600. The molecule has 0 bridgehead atoms.